The van der Waals surface area contributed by atoms with Crippen LogP contribution in [0.15, 0.2) is 36.5 Å². The maximum Gasteiger partial charge on any atom is 0.171 e. The number of anilines is 1. The van der Waals surface area contributed by atoms with Gasteiger partial charge in [0.15, 0.2) is 11.6 Å². The molecule has 6 heteroatoms. The lowest BCUT2D eigenvalue weighted by Crippen LogP contribution is -2.49. The number of para-hydroxylation sites is 1. The maximum absolute atomic E-state index is 6.21. The molecule has 2 aromatic heterocycles. The van der Waals surface area contributed by atoms with Crippen LogP contribution in [0.25, 0.3) is 22.3 Å². The van der Waals surface area contributed by atoms with Crippen LogP contribution in [0, 0.1) is 11.8 Å². The molecule has 0 bridgehead atoms. The first-order valence-electron chi connectivity index (χ1n) is 13.0. The van der Waals surface area contributed by atoms with Crippen LogP contribution in [0.3, 0.4) is 0 Å². The van der Waals surface area contributed by atoms with Crippen molar-refractivity contribution in [2.75, 3.05) is 31.2 Å². The molecular weight excluding hydrogens is 424 g/mol. The Kier molecular flexibility index (Phi) is 4.88. The van der Waals surface area contributed by atoms with Gasteiger partial charge in [-0.1, -0.05) is 25.1 Å². The van der Waals surface area contributed by atoms with Crippen molar-refractivity contribution in [2.45, 2.75) is 57.2 Å². The molecule has 0 radical (unpaired) electrons. The van der Waals surface area contributed by atoms with Gasteiger partial charge in [0.2, 0.25) is 0 Å². The van der Waals surface area contributed by atoms with Crippen molar-refractivity contribution >= 4 is 16.7 Å². The summed E-state index contributed by atoms with van der Waals surface area (Å²) >= 11 is 0. The van der Waals surface area contributed by atoms with E-state index >= 15 is 0 Å². The van der Waals surface area contributed by atoms with E-state index in [0.29, 0.717) is 17.8 Å². The Bertz CT molecular complexity index is 1230. The Hall–Kier alpha value is -2.57. The van der Waals surface area contributed by atoms with E-state index in [2.05, 4.69) is 41.1 Å². The molecule has 2 aliphatic carbocycles. The van der Waals surface area contributed by atoms with Crippen molar-refractivity contribution in [1.82, 2.24) is 15.0 Å². The Balaban J connectivity index is 1.37. The first kappa shape index (κ1) is 20.8. The molecular formula is C28H32N4O2. The Morgan fingerprint density at radius 3 is 2.68 bits per heavy atom. The minimum Gasteiger partial charge on any atom is -0.356 e. The molecule has 176 valence electrons. The quantitative estimate of drug-likeness (QED) is 0.534. The molecule has 6 nitrogen and oxygen atoms in total. The van der Waals surface area contributed by atoms with E-state index in [1.165, 1.54) is 29.9 Å². The Morgan fingerprint density at radius 1 is 1.00 bits per heavy atom. The van der Waals surface area contributed by atoms with E-state index in [9.17, 15) is 0 Å². The number of fused-ring (bicyclic) bond motifs is 4. The van der Waals surface area contributed by atoms with E-state index in [4.69, 9.17) is 19.4 Å². The third-order valence-corrected chi connectivity index (χ3v) is 8.82. The Labute approximate surface area is 200 Å². The average molecular weight is 457 g/mol. The zero-order chi connectivity index (χ0) is 22.7. The summed E-state index contributed by atoms with van der Waals surface area (Å²) in [5, 5.41) is 1.12. The highest BCUT2D eigenvalue weighted by Crippen LogP contribution is 2.54. The van der Waals surface area contributed by atoms with Gasteiger partial charge in [-0.05, 0) is 50.2 Å². The smallest absolute Gasteiger partial charge is 0.171 e. The summed E-state index contributed by atoms with van der Waals surface area (Å²) in [4.78, 5) is 17.7. The molecule has 34 heavy (non-hydrogen) atoms. The number of ether oxygens (including phenoxy) is 2. The van der Waals surface area contributed by atoms with Gasteiger partial charge in [-0.3, -0.25) is 4.98 Å². The molecule has 0 amide bonds. The molecule has 3 unspecified atom stereocenters. The molecule has 3 atom stereocenters. The van der Waals surface area contributed by atoms with E-state index in [1.54, 1.807) is 0 Å². The lowest BCUT2D eigenvalue weighted by Gasteiger charge is -2.48. The van der Waals surface area contributed by atoms with E-state index < -0.39 is 0 Å². The Morgan fingerprint density at radius 2 is 1.82 bits per heavy atom. The summed E-state index contributed by atoms with van der Waals surface area (Å²) in [7, 11) is 0. The second-order valence-corrected chi connectivity index (χ2v) is 10.4. The third-order valence-electron chi connectivity index (χ3n) is 8.82. The SMILES string of the molecule is CC1C2CCc3c(nc(-c4ccnc5ccccc45)nc3N3CCCC3)C2CCC12OCCO2. The predicted octanol–water partition coefficient (Wildman–Crippen LogP) is 5.11. The lowest BCUT2D eigenvalue weighted by molar-refractivity contribution is -0.226. The van der Waals surface area contributed by atoms with Crippen LogP contribution < -0.4 is 4.90 Å². The summed E-state index contributed by atoms with van der Waals surface area (Å²) in [6.07, 6.45) is 8.59. The highest BCUT2D eigenvalue weighted by molar-refractivity contribution is 5.92. The summed E-state index contributed by atoms with van der Waals surface area (Å²) in [5.41, 5.74) is 4.75. The van der Waals surface area contributed by atoms with Gasteiger partial charge in [0.1, 0.15) is 5.82 Å². The van der Waals surface area contributed by atoms with Crippen LogP contribution in [0.2, 0.25) is 0 Å². The number of pyridine rings is 1. The fourth-order valence-electron chi connectivity index (χ4n) is 7.09. The number of hydrogen-bond acceptors (Lipinski definition) is 6. The molecule has 1 spiro atoms. The first-order chi connectivity index (χ1) is 16.7. The number of aromatic nitrogens is 3. The van der Waals surface area contributed by atoms with Crippen molar-refractivity contribution in [1.29, 1.82) is 0 Å². The predicted molar refractivity (Wildman–Crippen MR) is 132 cm³/mol. The monoisotopic (exact) mass is 456 g/mol. The number of hydrogen-bond donors (Lipinski definition) is 0. The maximum atomic E-state index is 6.21. The normalized spacial score (nSPS) is 27.8. The second-order valence-electron chi connectivity index (χ2n) is 10.4. The lowest BCUT2D eigenvalue weighted by atomic mass is 9.63. The average Bonchev–Trinajstić information content (AvgIpc) is 3.58. The van der Waals surface area contributed by atoms with Crippen molar-refractivity contribution < 1.29 is 9.47 Å². The van der Waals surface area contributed by atoms with Gasteiger partial charge in [0.05, 0.1) is 24.4 Å². The van der Waals surface area contributed by atoms with Gasteiger partial charge in [0, 0.05) is 54.1 Å². The molecule has 4 aliphatic rings. The molecule has 0 N–H and O–H groups in total. The molecule has 2 aliphatic heterocycles. The van der Waals surface area contributed by atoms with Gasteiger partial charge in [-0.2, -0.15) is 0 Å². The molecule has 4 heterocycles. The van der Waals surface area contributed by atoms with E-state index in [-0.39, 0.29) is 5.79 Å². The van der Waals surface area contributed by atoms with Gasteiger partial charge < -0.3 is 14.4 Å². The highest BCUT2D eigenvalue weighted by atomic mass is 16.7. The summed E-state index contributed by atoms with van der Waals surface area (Å²) in [6.45, 7) is 5.97. The van der Waals surface area contributed by atoms with Crippen molar-refractivity contribution in [3.63, 3.8) is 0 Å². The van der Waals surface area contributed by atoms with Crippen LogP contribution in [0.1, 0.15) is 56.2 Å². The minimum absolute atomic E-state index is 0.373. The van der Waals surface area contributed by atoms with Gasteiger partial charge in [0.25, 0.3) is 0 Å². The van der Waals surface area contributed by atoms with Gasteiger partial charge >= 0.3 is 0 Å². The van der Waals surface area contributed by atoms with Gasteiger partial charge in [-0.25, -0.2) is 9.97 Å². The molecule has 7 rings (SSSR count). The fraction of sp³-hybridized carbons (Fsp3) is 0.536. The van der Waals surface area contributed by atoms with Crippen molar-refractivity contribution in [3.8, 4) is 11.4 Å². The number of benzene rings is 1. The highest BCUT2D eigenvalue weighted by Gasteiger charge is 2.53. The fourth-order valence-corrected chi connectivity index (χ4v) is 7.09. The van der Waals surface area contributed by atoms with Crippen LogP contribution in [0.5, 0.6) is 0 Å². The molecule has 1 saturated carbocycles. The van der Waals surface area contributed by atoms with E-state index in [0.717, 1.165) is 74.3 Å². The van der Waals surface area contributed by atoms with Crippen LogP contribution >= 0.6 is 0 Å². The molecule has 1 aromatic carbocycles. The van der Waals surface area contributed by atoms with Crippen LogP contribution in [-0.4, -0.2) is 47.0 Å². The summed E-state index contributed by atoms with van der Waals surface area (Å²) < 4.78 is 12.4. The van der Waals surface area contributed by atoms with Gasteiger partial charge in [-0.15, -0.1) is 0 Å². The third kappa shape index (κ3) is 3.11. The zero-order valence-electron chi connectivity index (χ0n) is 19.9. The largest absolute Gasteiger partial charge is 0.356 e. The number of nitrogens with zero attached hydrogens (tertiary/aromatic N) is 4. The standard InChI is InChI=1S/C28H32N4O2/c1-18-19-8-9-23-25(21(19)10-12-28(18)33-16-17-34-28)30-26(31-27(23)32-14-4-5-15-32)22-11-13-29-24-7-3-2-6-20(22)24/h2-3,6-7,11,13,18-19,21H,4-5,8-10,12,14-17H2,1H3. The summed E-state index contributed by atoms with van der Waals surface area (Å²) in [6, 6.07) is 10.4. The topological polar surface area (TPSA) is 60.4 Å². The van der Waals surface area contributed by atoms with Crippen LogP contribution in [0.4, 0.5) is 5.82 Å². The van der Waals surface area contributed by atoms with Crippen molar-refractivity contribution in [2.24, 2.45) is 11.8 Å². The van der Waals surface area contributed by atoms with E-state index in [1.807, 2.05) is 12.3 Å². The minimum atomic E-state index is -0.381. The molecule has 3 fully saturated rings. The molecule has 3 aromatic rings. The van der Waals surface area contributed by atoms with Crippen LogP contribution in [-0.2, 0) is 15.9 Å². The summed E-state index contributed by atoms with van der Waals surface area (Å²) in [5.74, 6) is 2.99. The zero-order valence-corrected chi connectivity index (χ0v) is 19.9. The molecule has 2 saturated heterocycles. The van der Waals surface area contributed by atoms with Crippen molar-refractivity contribution in [3.05, 3.63) is 47.8 Å². The first-order valence-corrected chi connectivity index (χ1v) is 13.0. The second kappa shape index (κ2) is 7.99. The number of rotatable bonds is 2.